The van der Waals surface area contributed by atoms with Crippen molar-refractivity contribution in [1.29, 1.82) is 0 Å². The van der Waals surface area contributed by atoms with Crippen molar-refractivity contribution in [2.24, 2.45) is 0 Å². The Labute approximate surface area is 158 Å². The number of nitrogens with one attached hydrogen (secondary N) is 1. The fraction of sp³-hybridized carbons (Fsp3) is 0.278. The third-order valence-corrected chi connectivity index (χ3v) is 5.51. The summed E-state index contributed by atoms with van der Waals surface area (Å²) < 4.78 is 32.0. The fourth-order valence-corrected chi connectivity index (χ4v) is 3.52. The molecule has 0 saturated carbocycles. The Bertz CT molecular complexity index is 854. The minimum atomic E-state index is -3.67. The van der Waals surface area contributed by atoms with Gasteiger partial charge in [0.15, 0.2) is 0 Å². The summed E-state index contributed by atoms with van der Waals surface area (Å²) in [6.07, 6.45) is 0.0540. The van der Waals surface area contributed by atoms with E-state index in [0.29, 0.717) is 17.3 Å². The summed E-state index contributed by atoms with van der Waals surface area (Å²) in [5.74, 6) is 0.533. The van der Waals surface area contributed by atoms with Gasteiger partial charge in [0, 0.05) is 37.1 Å². The van der Waals surface area contributed by atoms with E-state index in [9.17, 15) is 13.2 Å². The molecule has 1 N–H and O–H groups in total. The molecule has 2 rings (SSSR count). The lowest BCUT2D eigenvalue weighted by Crippen LogP contribution is -2.32. The van der Waals surface area contributed by atoms with Crippen molar-refractivity contribution >= 4 is 27.5 Å². The number of nitrogens with zero attached hydrogens (tertiary/aromatic N) is 1. The molecule has 26 heavy (non-hydrogen) atoms. The highest BCUT2D eigenvalue weighted by Gasteiger charge is 2.16. The van der Waals surface area contributed by atoms with E-state index < -0.39 is 10.0 Å². The first kappa shape index (κ1) is 20.2. The van der Waals surface area contributed by atoms with Crippen LogP contribution in [0.2, 0.25) is 5.02 Å². The summed E-state index contributed by atoms with van der Waals surface area (Å²) in [6, 6.07) is 13.3. The molecule has 0 atom stereocenters. The number of sulfonamides is 1. The first-order chi connectivity index (χ1) is 12.3. The average Bonchev–Trinajstić information content (AvgIpc) is 2.62. The highest BCUT2D eigenvalue weighted by Crippen LogP contribution is 2.19. The normalized spacial score (nSPS) is 11.2. The maximum absolute atomic E-state index is 12.2. The zero-order valence-corrected chi connectivity index (χ0v) is 16.2. The third kappa shape index (κ3) is 5.45. The molecule has 1 amide bonds. The van der Waals surface area contributed by atoms with E-state index in [1.54, 1.807) is 14.2 Å². The molecule has 2 aromatic rings. The molecule has 0 bridgehead atoms. The summed E-state index contributed by atoms with van der Waals surface area (Å²) in [5, 5.41) is 0.456. The van der Waals surface area contributed by atoms with Crippen molar-refractivity contribution in [1.82, 2.24) is 9.62 Å². The summed E-state index contributed by atoms with van der Waals surface area (Å²) in [7, 11) is -0.423. The summed E-state index contributed by atoms with van der Waals surface area (Å²) in [5.41, 5.74) is 0.882. The molecule has 0 spiro atoms. The lowest BCUT2D eigenvalue weighted by molar-refractivity contribution is -0.130. The zero-order chi connectivity index (χ0) is 19.2. The molecule has 6 nitrogen and oxygen atoms in total. The quantitative estimate of drug-likeness (QED) is 0.744. The number of benzene rings is 2. The number of carbonyl (C=O) groups excluding carboxylic acids is 1. The van der Waals surface area contributed by atoms with Crippen LogP contribution in [0.25, 0.3) is 0 Å². The minimum absolute atomic E-state index is 0.0139. The highest BCUT2D eigenvalue weighted by molar-refractivity contribution is 7.89. The van der Waals surface area contributed by atoms with Crippen LogP contribution in [0.4, 0.5) is 0 Å². The third-order valence-electron chi connectivity index (χ3n) is 3.78. The van der Waals surface area contributed by atoms with E-state index in [4.69, 9.17) is 16.3 Å². The van der Waals surface area contributed by atoms with Crippen molar-refractivity contribution < 1.29 is 17.9 Å². The van der Waals surface area contributed by atoms with Crippen LogP contribution in [0.3, 0.4) is 0 Å². The van der Waals surface area contributed by atoms with Crippen LogP contribution >= 0.6 is 11.6 Å². The first-order valence-corrected chi connectivity index (χ1v) is 9.80. The van der Waals surface area contributed by atoms with Gasteiger partial charge in [0.2, 0.25) is 15.9 Å². The number of halogens is 1. The number of hydrogen-bond donors (Lipinski definition) is 1. The topological polar surface area (TPSA) is 75.7 Å². The van der Waals surface area contributed by atoms with Crippen molar-refractivity contribution in [3.63, 3.8) is 0 Å². The molecule has 0 unspecified atom stereocenters. The number of carbonyl (C=O) groups is 1. The number of rotatable bonds is 8. The van der Waals surface area contributed by atoms with Crippen molar-refractivity contribution in [2.75, 3.05) is 20.7 Å². The Kier molecular flexibility index (Phi) is 7.02. The van der Waals surface area contributed by atoms with Gasteiger partial charge in [-0.15, -0.1) is 0 Å². The number of amides is 1. The molecular formula is C18H21ClN2O4S. The maximum Gasteiger partial charge on any atom is 0.240 e. The molecule has 0 aliphatic heterocycles. The van der Waals surface area contributed by atoms with Crippen LogP contribution in [0.15, 0.2) is 53.4 Å². The van der Waals surface area contributed by atoms with Gasteiger partial charge in [-0.2, -0.15) is 0 Å². The Balaban J connectivity index is 1.88. The van der Waals surface area contributed by atoms with Gasteiger partial charge in [0.1, 0.15) is 5.75 Å². The second kappa shape index (κ2) is 9.02. The van der Waals surface area contributed by atoms with Crippen LogP contribution in [-0.2, 0) is 21.4 Å². The predicted octanol–water partition coefficient (Wildman–Crippen LogP) is 2.68. The van der Waals surface area contributed by atoms with Gasteiger partial charge in [0.05, 0.1) is 12.0 Å². The number of para-hydroxylation sites is 1. The van der Waals surface area contributed by atoms with Crippen LogP contribution in [0.1, 0.15) is 12.0 Å². The Hall–Kier alpha value is -2.09. The van der Waals surface area contributed by atoms with Crippen LogP contribution in [0.5, 0.6) is 5.75 Å². The van der Waals surface area contributed by atoms with Gasteiger partial charge >= 0.3 is 0 Å². The zero-order valence-electron chi connectivity index (χ0n) is 14.6. The fourth-order valence-electron chi connectivity index (χ4n) is 2.36. The SMILES string of the molecule is COc1ccccc1CN(C)C(=O)CCNS(=O)(=O)c1ccc(Cl)cc1. The lowest BCUT2D eigenvalue weighted by atomic mass is 10.2. The van der Waals surface area contributed by atoms with Crippen LogP contribution < -0.4 is 9.46 Å². The molecule has 0 aliphatic rings. The van der Waals surface area contributed by atoms with Gasteiger partial charge in [0.25, 0.3) is 0 Å². The molecule has 0 aromatic heterocycles. The number of ether oxygens (including phenoxy) is 1. The van der Waals surface area contributed by atoms with Gasteiger partial charge < -0.3 is 9.64 Å². The molecular weight excluding hydrogens is 376 g/mol. The Morgan fingerprint density at radius 1 is 1.15 bits per heavy atom. The van der Waals surface area contributed by atoms with Gasteiger partial charge in [-0.25, -0.2) is 13.1 Å². The minimum Gasteiger partial charge on any atom is -0.496 e. The largest absolute Gasteiger partial charge is 0.496 e. The molecule has 0 saturated heterocycles. The first-order valence-electron chi connectivity index (χ1n) is 7.94. The maximum atomic E-state index is 12.2. The molecule has 0 heterocycles. The molecule has 0 aliphatic carbocycles. The van der Waals surface area contributed by atoms with E-state index in [1.165, 1.54) is 29.2 Å². The Morgan fingerprint density at radius 2 is 1.81 bits per heavy atom. The summed E-state index contributed by atoms with van der Waals surface area (Å²) in [6.45, 7) is 0.396. The second-order valence-corrected chi connectivity index (χ2v) is 7.87. The van der Waals surface area contributed by atoms with Crippen molar-refractivity contribution in [3.05, 3.63) is 59.1 Å². The van der Waals surface area contributed by atoms with Crippen molar-refractivity contribution in [3.8, 4) is 5.75 Å². The number of hydrogen-bond acceptors (Lipinski definition) is 4. The van der Waals surface area contributed by atoms with Gasteiger partial charge in [-0.1, -0.05) is 29.8 Å². The number of methoxy groups -OCH3 is 1. The van der Waals surface area contributed by atoms with E-state index in [2.05, 4.69) is 4.72 Å². The van der Waals surface area contributed by atoms with Crippen molar-refractivity contribution in [2.45, 2.75) is 17.9 Å². The lowest BCUT2D eigenvalue weighted by Gasteiger charge is -2.19. The van der Waals surface area contributed by atoms with Gasteiger partial charge in [-0.05, 0) is 30.3 Å². The second-order valence-electron chi connectivity index (χ2n) is 5.66. The van der Waals surface area contributed by atoms with E-state index in [1.807, 2.05) is 24.3 Å². The molecule has 2 aromatic carbocycles. The van der Waals surface area contributed by atoms with Crippen LogP contribution in [0, 0.1) is 0 Å². The van der Waals surface area contributed by atoms with E-state index in [0.717, 1.165) is 5.56 Å². The van der Waals surface area contributed by atoms with E-state index >= 15 is 0 Å². The Morgan fingerprint density at radius 3 is 2.46 bits per heavy atom. The predicted molar refractivity (Wildman–Crippen MR) is 101 cm³/mol. The molecule has 140 valence electrons. The summed E-state index contributed by atoms with van der Waals surface area (Å²) >= 11 is 5.76. The van der Waals surface area contributed by atoms with E-state index in [-0.39, 0.29) is 23.8 Å². The van der Waals surface area contributed by atoms with Crippen LogP contribution in [-0.4, -0.2) is 39.9 Å². The molecule has 0 radical (unpaired) electrons. The summed E-state index contributed by atoms with van der Waals surface area (Å²) in [4.78, 5) is 13.9. The monoisotopic (exact) mass is 396 g/mol. The molecule has 8 heteroatoms. The smallest absolute Gasteiger partial charge is 0.240 e. The molecule has 0 fully saturated rings. The highest BCUT2D eigenvalue weighted by atomic mass is 35.5. The standard InChI is InChI=1S/C18H21ClN2O4S/c1-21(13-14-5-3-4-6-17(14)25-2)18(22)11-12-20-26(23,24)16-9-7-15(19)8-10-16/h3-10,20H,11-13H2,1-2H3. The average molecular weight is 397 g/mol. The van der Waals surface area contributed by atoms with Gasteiger partial charge in [-0.3, -0.25) is 4.79 Å².